The van der Waals surface area contributed by atoms with Crippen LogP contribution in [0.1, 0.15) is 26.2 Å². The molecule has 11 heavy (non-hydrogen) atoms. The van der Waals surface area contributed by atoms with Gasteiger partial charge in [0, 0.05) is 6.61 Å². The van der Waals surface area contributed by atoms with Gasteiger partial charge in [0.1, 0.15) is 0 Å². The van der Waals surface area contributed by atoms with E-state index in [2.05, 4.69) is 13.0 Å². The lowest BCUT2D eigenvalue weighted by atomic mass is 9.86. The Morgan fingerprint density at radius 2 is 2.36 bits per heavy atom. The molecule has 1 unspecified atom stereocenters. The van der Waals surface area contributed by atoms with Crippen molar-refractivity contribution in [1.29, 1.82) is 0 Å². The molecule has 0 saturated heterocycles. The van der Waals surface area contributed by atoms with Gasteiger partial charge in [0.25, 0.3) is 0 Å². The monoisotopic (exact) mass is 152 g/mol. The fourth-order valence-electron chi connectivity index (χ4n) is 2.81. The van der Waals surface area contributed by atoms with E-state index in [1.807, 2.05) is 0 Å². The molecule has 62 valence electrons. The lowest BCUT2D eigenvalue weighted by molar-refractivity contribution is 0.187. The maximum absolute atomic E-state index is 9.03. The smallest absolute Gasteiger partial charge is 0.0462 e. The highest BCUT2D eigenvalue weighted by atomic mass is 16.3. The summed E-state index contributed by atoms with van der Waals surface area (Å²) in [5, 5.41) is 9.03. The van der Waals surface area contributed by atoms with Crippen LogP contribution in [0.3, 0.4) is 0 Å². The summed E-state index contributed by atoms with van der Waals surface area (Å²) in [5.74, 6) is 2.28. The number of rotatable bonds is 1. The molecule has 1 nitrogen and oxygen atoms in total. The number of hydrogen-bond acceptors (Lipinski definition) is 1. The second kappa shape index (κ2) is 2.63. The molecule has 1 N–H and O–H groups in total. The molecule has 0 heterocycles. The van der Waals surface area contributed by atoms with Crippen molar-refractivity contribution in [1.82, 2.24) is 0 Å². The molecular formula is C10H16O. The van der Waals surface area contributed by atoms with Crippen molar-refractivity contribution < 1.29 is 5.11 Å². The summed E-state index contributed by atoms with van der Waals surface area (Å²) >= 11 is 0. The first kappa shape index (κ1) is 7.35. The Kier molecular flexibility index (Phi) is 1.76. The zero-order valence-corrected chi connectivity index (χ0v) is 7.09. The van der Waals surface area contributed by atoms with E-state index >= 15 is 0 Å². The van der Waals surface area contributed by atoms with Gasteiger partial charge in [0.05, 0.1) is 0 Å². The predicted molar refractivity (Wildman–Crippen MR) is 45.2 cm³/mol. The number of allylic oxidation sites excluding steroid dienone is 2. The summed E-state index contributed by atoms with van der Waals surface area (Å²) in [5.41, 5.74) is 1.65. The number of fused-ring (bicyclic) bond motifs is 2. The Labute approximate surface area is 68.1 Å². The minimum absolute atomic E-state index is 0.415. The quantitative estimate of drug-likeness (QED) is 0.569. The van der Waals surface area contributed by atoms with Crippen LogP contribution < -0.4 is 0 Å². The molecule has 0 aromatic carbocycles. The SMILES string of the molecule is C/C=C1/C[C@@H]2C[C@H]1CC2CO. The zero-order valence-electron chi connectivity index (χ0n) is 7.09. The van der Waals surface area contributed by atoms with Gasteiger partial charge in [0.2, 0.25) is 0 Å². The summed E-state index contributed by atoms with van der Waals surface area (Å²) in [4.78, 5) is 0. The van der Waals surface area contributed by atoms with Gasteiger partial charge in [-0.05, 0) is 43.9 Å². The predicted octanol–water partition coefficient (Wildman–Crippen LogP) is 1.97. The number of hydrogen-bond donors (Lipinski definition) is 1. The van der Waals surface area contributed by atoms with Crippen LogP contribution in [0.2, 0.25) is 0 Å². The average molecular weight is 152 g/mol. The van der Waals surface area contributed by atoms with E-state index in [0.29, 0.717) is 12.5 Å². The van der Waals surface area contributed by atoms with Gasteiger partial charge < -0.3 is 5.11 Å². The van der Waals surface area contributed by atoms with Crippen molar-refractivity contribution in [3.63, 3.8) is 0 Å². The van der Waals surface area contributed by atoms with Gasteiger partial charge in [-0.15, -0.1) is 0 Å². The molecule has 2 bridgehead atoms. The molecule has 3 atom stereocenters. The fraction of sp³-hybridized carbons (Fsp3) is 0.800. The molecule has 0 spiro atoms. The summed E-state index contributed by atoms with van der Waals surface area (Å²) in [6, 6.07) is 0. The number of aliphatic hydroxyl groups excluding tert-OH is 1. The molecule has 1 heteroatoms. The third-order valence-electron chi connectivity index (χ3n) is 3.47. The van der Waals surface area contributed by atoms with E-state index in [0.717, 1.165) is 11.8 Å². The van der Waals surface area contributed by atoms with Crippen LogP contribution in [0.4, 0.5) is 0 Å². The van der Waals surface area contributed by atoms with E-state index in [1.54, 1.807) is 5.57 Å². The van der Waals surface area contributed by atoms with E-state index in [4.69, 9.17) is 5.11 Å². The van der Waals surface area contributed by atoms with Crippen molar-refractivity contribution in [2.45, 2.75) is 26.2 Å². The topological polar surface area (TPSA) is 20.2 Å². The van der Waals surface area contributed by atoms with Crippen LogP contribution in [0, 0.1) is 17.8 Å². The molecular weight excluding hydrogens is 136 g/mol. The highest BCUT2D eigenvalue weighted by Crippen LogP contribution is 2.51. The third kappa shape index (κ3) is 1.02. The van der Waals surface area contributed by atoms with Crippen LogP contribution in [0.25, 0.3) is 0 Å². The molecule has 0 aromatic heterocycles. The molecule has 2 saturated carbocycles. The van der Waals surface area contributed by atoms with E-state index in [-0.39, 0.29) is 0 Å². The van der Waals surface area contributed by atoms with Gasteiger partial charge in [0.15, 0.2) is 0 Å². The Balaban J connectivity index is 2.08. The molecule has 2 rings (SSSR count). The summed E-state index contributed by atoms with van der Waals surface area (Å²) in [6.07, 6.45) is 6.15. The van der Waals surface area contributed by atoms with E-state index < -0.39 is 0 Å². The van der Waals surface area contributed by atoms with Crippen molar-refractivity contribution in [3.05, 3.63) is 11.6 Å². The van der Waals surface area contributed by atoms with Crippen LogP contribution in [-0.4, -0.2) is 11.7 Å². The third-order valence-corrected chi connectivity index (χ3v) is 3.47. The van der Waals surface area contributed by atoms with Gasteiger partial charge in [-0.25, -0.2) is 0 Å². The van der Waals surface area contributed by atoms with Gasteiger partial charge in [-0.3, -0.25) is 0 Å². The van der Waals surface area contributed by atoms with E-state index in [9.17, 15) is 0 Å². The highest BCUT2D eigenvalue weighted by Gasteiger charge is 2.41. The van der Waals surface area contributed by atoms with Crippen molar-refractivity contribution >= 4 is 0 Å². The van der Waals surface area contributed by atoms with E-state index in [1.165, 1.54) is 19.3 Å². The Morgan fingerprint density at radius 3 is 2.82 bits per heavy atom. The maximum atomic E-state index is 9.03. The summed E-state index contributed by atoms with van der Waals surface area (Å²) < 4.78 is 0. The van der Waals surface area contributed by atoms with Crippen LogP contribution in [0.15, 0.2) is 11.6 Å². The maximum Gasteiger partial charge on any atom is 0.0462 e. The minimum atomic E-state index is 0.415. The highest BCUT2D eigenvalue weighted by molar-refractivity contribution is 5.17. The van der Waals surface area contributed by atoms with Crippen molar-refractivity contribution in [3.8, 4) is 0 Å². The summed E-state index contributed by atoms with van der Waals surface area (Å²) in [7, 11) is 0. The first-order chi connectivity index (χ1) is 5.35. The first-order valence-electron chi connectivity index (χ1n) is 4.61. The minimum Gasteiger partial charge on any atom is -0.396 e. The Morgan fingerprint density at radius 1 is 1.55 bits per heavy atom. The normalized spacial score (nSPS) is 45.6. The molecule has 0 aromatic rings. The Bertz CT molecular complexity index is 183. The molecule has 2 fully saturated rings. The molecule has 0 amide bonds. The van der Waals surface area contributed by atoms with Crippen LogP contribution >= 0.6 is 0 Å². The molecule has 0 radical (unpaired) electrons. The average Bonchev–Trinajstić information content (AvgIpc) is 2.60. The largest absolute Gasteiger partial charge is 0.396 e. The lowest BCUT2D eigenvalue weighted by Crippen LogP contribution is -2.15. The fourth-order valence-corrected chi connectivity index (χ4v) is 2.81. The second-order valence-corrected chi connectivity index (χ2v) is 3.94. The summed E-state index contributed by atoms with van der Waals surface area (Å²) in [6.45, 7) is 2.56. The van der Waals surface area contributed by atoms with Gasteiger partial charge in [-0.1, -0.05) is 11.6 Å². The van der Waals surface area contributed by atoms with Gasteiger partial charge in [-0.2, -0.15) is 0 Å². The molecule has 2 aliphatic carbocycles. The number of aliphatic hydroxyl groups is 1. The lowest BCUT2D eigenvalue weighted by Gasteiger charge is -2.20. The zero-order chi connectivity index (χ0) is 7.84. The van der Waals surface area contributed by atoms with Crippen molar-refractivity contribution in [2.75, 3.05) is 6.61 Å². The second-order valence-electron chi connectivity index (χ2n) is 3.94. The van der Waals surface area contributed by atoms with Crippen LogP contribution in [-0.2, 0) is 0 Å². The Hall–Kier alpha value is -0.300. The van der Waals surface area contributed by atoms with Crippen molar-refractivity contribution in [2.24, 2.45) is 17.8 Å². The van der Waals surface area contributed by atoms with Crippen LogP contribution in [0.5, 0.6) is 0 Å². The first-order valence-corrected chi connectivity index (χ1v) is 4.61. The molecule has 2 aliphatic rings. The van der Waals surface area contributed by atoms with Gasteiger partial charge >= 0.3 is 0 Å². The standard InChI is InChI=1S/C10H16O/c1-2-7-3-9-4-8(7)5-10(9)6-11/h2,8-11H,3-6H2,1H3/b7-2-/t8-,9+,10?/m0/s1. The molecule has 0 aliphatic heterocycles.